The largest absolute Gasteiger partial charge is 0.344 e. The molecule has 0 aliphatic carbocycles. The molecular formula is C14H19N7. The van der Waals surface area contributed by atoms with Crippen molar-refractivity contribution in [2.75, 3.05) is 18.5 Å². The fraction of sp³-hybridized carbons (Fsp3) is 0.429. The zero-order valence-corrected chi connectivity index (χ0v) is 12.7. The molecule has 0 aliphatic rings. The van der Waals surface area contributed by atoms with Crippen molar-refractivity contribution in [2.24, 2.45) is 13.0 Å². The van der Waals surface area contributed by atoms with Crippen molar-refractivity contribution >= 4 is 17.0 Å². The van der Waals surface area contributed by atoms with Gasteiger partial charge in [-0.25, -0.2) is 4.98 Å². The Bertz CT molecular complexity index is 756. The monoisotopic (exact) mass is 285 g/mol. The molecule has 0 radical (unpaired) electrons. The molecule has 7 nitrogen and oxygen atoms in total. The highest BCUT2D eigenvalue weighted by atomic mass is 15.4. The highest BCUT2D eigenvalue weighted by molar-refractivity contribution is 5.78. The lowest BCUT2D eigenvalue weighted by molar-refractivity contribution is 0.623. The van der Waals surface area contributed by atoms with E-state index in [9.17, 15) is 0 Å². The second-order valence-corrected chi connectivity index (χ2v) is 5.69. The summed E-state index contributed by atoms with van der Waals surface area (Å²) in [6.07, 6.45) is 3.55. The third-order valence-corrected chi connectivity index (χ3v) is 3.38. The molecule has 3 heterocycles. The second-order valence-electron chi connectivity index (χ2n) is 5.69. The van der Waals surface area contributed by atoms with Crippen LogP contribution in [0.3, 0.4) is 0 Å². The van der Waals surface area contributed by atoms with Gasteiger partial charge in [0.2, 0.25) is 5.95 Å². The molecular weight excluding hydrogens is 266 g/mol. The Kier molecular flexibility index (Phi) is 3.32. The van der Waals surface area contributed by atoms with E-state index in [-0.39, 0.29) is 0 Å². The summed E-state index contributed by atoms with van der Waals surface area (Å²) in [6.45, 7) is 5.31. The maximum Gasteiger partial charge on any atom is 0.226 e. The van der Waals surface area contributed by atoms with Crippen LogP contribution in [0.2, 0.25) is 0 Å². The van der Waals surface area contributed by atoms with Crippen LogP contribution in [0, 0.1) is 5.92 Å². The zero-order valence-electron chi connectivity index (χ0n) is 12.7. The lowest BCUT2D eigenvalue weighted by Gasteiger charge is -2.19. The number of aromatic amines is 1. The molecule has 0 unspecified atom stereocenters. The minimum absolute atomic E-state index is 0.569. The quantitative estimate of drug-likeness (QED) is 0.791. The average molecular weight is 285 g/mol. The molecule has 0 atom stereocenters. The predicted octanol–water partition coefficient (Wildman–Crippen LogP) is 1.85. The van der Waals surface area contributed by atoms with Gasteiger partial charge in [-0.2, -0.15) is 5.10 Å². The Balaban J connectivity index is 1.97. The van der Waals surface area contributed by atoms with E-state index < -0.39 is 0 Å². The number of pyridine rings is 1. The van der Waals surface area contributed by atoms with Gasteiger partial charge in [-0.15, -0.1) is 10.2 Å². The average Bonchev–Trinajstić information content (AvgIpc) is 3.03. The van der Waals surface area contributed by atoms with Gasteiger partial charge in [0, 0.05) is 37.8 Å². The summed E-state index contributed by atoms with van der Waals surface area (Å²) in [7, 11) is 4.01. The second kappa shape index (κ2) is 5.16. The minimum Gasteiger partial charge on any atom is -0.344 e. The van der Waals surface area contributed by atoms with E-state index in [1.807, 2.05) is 24.7 Å². The maximum absolute atomic E-state index is 4.35. The molecule has 21 heavy (non-hydrogen) atoms. The number of anilines is 1. The predicted molar refractivity (Wildman–Crippen MR) is 82.0 cm³/mol. The third-order valence-electron chi connectivity index (χ3n) is 3.38. The third kappa shape index (κ3) is 2.46. The van der Waals surface area contributed by atoms with Gasteiger partial charge in [-0.1, -0.05) is 13.8 Å². The van der Waals surface area contributed by atoms with Gasteiger partial charge in [0.15, 0.2) is 11.5 Å². The van der Waals surface area contributed by atoms with Crippen molar-refractivity contribution in [1.82, 2.24) is 29.9 Å². The zero-order chi connectivity index (χ0) is 15.0. The molecule has 110 valence electrons. The smallest absolute Gasteiger partial charge is 0.226 e. The molecule has 0 amide bonds. The molecule has 3 aromatic rings. The van der Waals surface area contributed by atoms with Crippen LogP contribution in [-0.2, 0) is 7.05 Å². The number of hydrogen-bond acceptors (Lipinski definition) is 5. The molecule has 7 heteroatoms. The fourth-order valence-electron chi connectivity index (χ4n) is 2.49. The number of fused-ring (bicyclic) bond motifs is 1. The van der Waals surface area contributed by atoms with Gasteiger partial charge in [0.25, 0.3) is 0 Å². The Labute approximate surface area is 123 Å². The van der Waals surface area contributed by atoms with Crippen LogP contribution in [0.1, 0.15) is 13.8 Å². The summed E-state index contributed by atoms with van der Waals surface area (Å²) < 4.78 is 1.99. The first-order valence-corrected chi connectivity index (χ1v) is 6.96. The van der Waals surface area contributed by atoms with Crippen LogP contribution in [-0.4, -0.2) is 43.5 Å². The van der Waals surface area contributed by atoms with Crippen molar-refractivity contribution < 1.29 is 0 Å². The number of nitrogens with zero attached hydrogens (tertiary/aromatic N) is 6. The minimum atomic E-state index is 0.569. The highest BCUT2D eigenvalue weighted by Crippen LogP contribution is 2.23. The van der Waals surface area contributed by atoms with E-state index in [1.165, 1.54) is 0 Å². The van der Waals surface area contributed by atoms with Gasteiger partial charge >= 0.3 is 0 Å². The first-order chi connectivity index (χ1) is 10.1. The molecule has 1 N–H and O–H groups in total. The van der Waals surface area contributed by atoms with Crippen LogP contribution in [0.25, 0.3) is 22.4 Å². The number of H-pyrrole nitrogens is 1. The molecule has 0 saturated carbocycles. The lowest BCUT2D eigenvalue weighted by Crippen LogP contribution is -2.25. The summed E-state index contributed by atoms with van der Waals surface area (Å²) in [6, 6.07) is 2.02. The maximum atomic E-state index is 4.35. The molecule has 0 spiro atoms. The van der Waals surface area contributed by atoms with Crippen LogP contribution in [0.15, 0.2) is 18.5 Å². The molecule has 3 aromatic heterocycles. The summed E-state index contributed by atoms with van der Waals surface area (Å²) in [5, 5.41) is 16.4. The molecule has 0 aromatic carbocycles. The molecule has 0 fully saturated rings. The topological polar surface area (TPSA) is 75.5 Å². The van der Waals surface area contributed by atoms with E-state index in [0.717, 1.165) is 34.9 Å². The normalized spacial score (nSPS) is 11.5. The van der Waals surface area contributed by atoms with Gasteiger partial charge in [-0.05, 0) is 12.0 Å². The van der Waals surface area contributed by atoms with Crippen molar-refractivity contribution in [2.45, 2.75) is 13.8 Å². The summed E-state index contributed by atoms with van der Waals surface area (Å²) >= 11 is 0. The van der Waals surface area contributed by atoms with Gasteiger partial charge < -0.3 is 4.90 Å². The molecule has 0 saturated heterocycles. The van der Waals surface area contributed by atoms with Gasteiger partial charge in [0.1, 0.15) is 0 Å². The van der Waals surface area contributed by atoms with E-state index >= 15 is 0 Å². The van der Waals surface area contributed by atoms with E-state index in [2.05, 4.69) is 44.1 Å². The first-order valence-electron chi connectivity index (χ1n) is 6.96. The van der Waals surface area contributed by atoms with E-state index in [1.54, 1.807) is 12.4 Å². The Hall–Kier alpha value is -2.44. The van der Waals surface area contributed by atoms with Gasteiger partial charge in [-0.3, -0.25) is 9.67 Å². The van der Waals surface area contributed by atoms with Crippen LogP contribution in [0.5, 0.6) is 0 Å². The Morgan fingerprint density at radius 1 is 1.29 bits per heavy atom. The first kappa shape index (κ1) is 13.5. The molecule has 0 aliphatic heterocycles. The van der Waals surface area contributed by atoms with Crippen LogP contribution in [0.4, 0.5) is 5.95 Å². The van der Waals surface area contributed by atoms with E-state index in [0.29, 0.717) is 5.92 Å². The lowest BCUT2D eigenvalue weighted by atomic mass is 10.2. The standard InChI is InChI=1S/C14H19N7/c1-9(2)8-20(3)14-19-18-13(21(14)4)11-5-10-7-16-17-12(10)15-6-11/h5-7,9H,8H2,1-4H3,(H,15,16,17). The van der Waals surface area contributed by atoms with Crippen LogP contribution >= 0.6 is 0 Å². The number of nitrogens with one attached hydrogen (secondary N) is 1. The molecule has 0 bridgehead atoms. The van der Waals surface area contributed by atoms with Crippen molar-refractivity contribution in [3.05, 3.63) is 18.5 Å². The summed E-state index contributed by atoms with van der Waals surface area (Å²) in [5.74, 6) is 2.22. The summed E-state index contributed by atoms with van der Waals surface area (Å²) in [5.41, 5.74) is 1.71. The van der Waals surface area contributed by atoms with Crippen molar-refractivity contribution in [1.29, 1.82) is 0 Å². The van der Waals surface area contributed by atoms with E-state index in [4.69, 9.17) is 0 Å². The number of rotatable bonds is 4. The van der Waals surface area contributed by atoms with Crippen LogP contribution < -0.4 is 4.90 Å². The SMILES string of the molecule is CC(C)CN(C)c1nnc(-c2cnc3[nH]ncc3c2)n1C. The fourth-order valence-corrected chi connectivity index (χ4v) is 2.49. The van der Waals surface area contributed by atoms with Crippen molar-refractivity contribution in [3.63, 3.8) is 0 Å². The summed E-state index contributed by atoms with van der Waals surface area (Å²) in [4.78, 5) is 6.46. The Morgan fingerprint density at radius 3 is 2.86 bits per heavy atom. The van der Waals surface area contributed by atoms with Crippen molar-refractivity contribution in [3.8, 4) is 11.4 Å². The van der Waals surface area contributed by atoms with Gasteiger partial charge in [0.05, 0.1) is 6.20 Å². The number of hydrogen-bond donors (Lipinski definition) is 1. The molecule has 3 rings (SSSR count). The highest BCUT2D eigenvalue weighted by Gasteiger charge is 2.15. The number of aromatic nitrogens is 6. The Morgan fingerprint density at radius 2 is 2.10 bits per heavy atom.